The highest BCUT2D eigenvalue weighted by molar-refractivity contribution is 5.73. The van der Waals surface area contributed by atoms with Crippen molar-refractivity contribution < 1.29 is 5.11 Å². The Morgan fingerprint density at radius 1 is 1.00 bits per heavy atom. The van der Waals surface area contributed by atoms with E-state index in [1.54, 1.807) is 18.5 Å². The summed E-state index contributed by atoms with van der Waals surface area (Å²) in [6, 6.07) is 10.00. The van der Waals surface area contributed by atoms with Crippen LogP contribution in [0.5, 0.6) is 5.75 Å². The number of H-pyrrole nitrogens is 1. The minimum atomic E-state index is 0.186. The van der Waals surface area contributed by atoms with Crippen LogP contribution >= 0.6 is 0 Å². The van der Waals surface area contributed by atoms with Gasteiger partial charge in [-0.2, -0.15) is 5.10 Å². The molecule has 0 spiro atoms. The minimum absolute atomic E-state index is 0.186. The van der Waals surface area contributed by atoms with Crippen LogP contribution in [-0.2, 0) is 0 Å². The summed E-state index contributed by atoms with van der Waals surface area (Å²) in [5.74, 6) is 2.55. The molecule has 152 valence electrons. The standard InChI is InChI=1S/C23H29N5O/c1-15-4-5-16(2)11-19(10-15)28(3)23-9-8-21(26-27-23)20-7-6-17(12-22(20)29)18-13-24-25-14-18/h6-9,12-16,19,29H,4-5,10-11H2,1-3H3,(H,24,25)/t15-,16+,19-. The summed E-state index contributed by atoms with van der Waals surface area (Å²) in [5.41, 5.74) is 3.18. The molecule has 3 atom stereocenters. The first-order valence-electron chi connectivity index (χ1n) is 10.4. The first-order chi connectivity index (χ1) is 14.0. The van der Waals surface area contributed by atoms with Gasteiger partial charge in [-0.3, -0.25) is 5.10 Å². The van der Waals surface area contributed by atoms with E-state index in [0.717, 1.165) is 28.8 Å². The summed E-state index contributed by atoms with van der Waals surface area (Å²) in [5, 5.41) is 26.1. The average Bonchev–Trinajstić information content (AvgIpc) is 3.20. The number of hydrogen-bond acceptors (Lipinski definition) is 5. The molecule has 1 fully saturated rings. The predicted molar refractivity (Wildman–Crippen MR) is 116 cm³/mol. The Balaban J connectivity index is 1.53. The Morgan fingerprint density at radius 2 is 1.76 bits per heavy atom. The Morgan fingerprint density at radius 3 is 2.34 bits per heavy atom. The lowest BCUT2D eigenvalue weighted by molar-refractivity contribution is 0.446. The van der Waals surface area contributed by atoms with Crippen LogP contribution in [-0.4, -0.2) is 38.6 Å². The molecule has 29 heavy (non-hydrogen) atoms. The highest BCUT2D eigenvalue weighted by atomic mass is 16.3. The molecule has 2 aromatic heterocycles. The third kappa shape index (κ3) is 4.26. The molecule has 6 heteroatoms. The first-order valence-corrected chi connectivity index (χ1v) is 10.4. The maximum Gasteiger partial charge on any atom is 0.151 e. The first kappa shape index (κ1) is 19.4. The van der Waals surface area contributed by atoms with Crippen LogP contribution in [0.1, 0.15) is 39.5 Å². The van der Waals surface area contributed by atoms with Crippen LogP contribution in [0, 0.1) is 11.8 Å². The second-order valence-electron chi connectivity index (χ2n) is 8.52. The number of rotatable bonds is 4. The summed E-state index contributed by atoms with van der Waals surface area (Å²) < 4.78 is 0. The van der Waals surface area contributed by atoms with E-state index < -0.39 is 0 Å². The fraction of sp³-hybridized carbons (Fsp3) is 0.435. The van der Waals surface area contributed by atoms with Crippen molar-refractivity contribution in [2.45, 2.75) is 45.6 Å². The lowest BCUT2D eigenvalue weighted by Crippen LogP contribution is -2.34. The van der Waals surface area contributed by atoms with Crippen molar-refractivity contribution >= 4 is 5.82 Å². The highest BCUT2D eigenvalue weighted by Crippen LogP contribution is 2.34. The van der Waals surface area contributed by atoms with Gasteiger partial charge >= 0.3 is 0 Å². The number of aromatic hydroxyl groups is 1. The van der Waals surface area contributed by atoms with Gasteiger partial charge in [0.25, 0.3) is 0 Å². The van der Waals surface area contributed by atoms with Gasteiger partial charge in [0.1, 0.15) is 5.75 Å². The smallest absolute Gasteiger partial charge is 0.151 e. The molecule has 1 saturated carbocycles. The molecule has 0 amide bonds. The molecule has 1 aliphatic rings. The molecule has 6 nitrogen and oxygen atoms in total. The summed E-state index contributed by atoms with van der Waals surface area (Å²) in [4.78, 5) is 2.27. The van der Waals surface area contributed by atoms with E-state index in [1.165, 1.54) is 25.7 Å². The highest BCUT2D eigenvalue weighted by Gasteiger charge is 2.25. The molecule has 0 aliphatic heterocycles. The molecule has 2 heterocycles. The number of phenolic OH excluding ortho intramolecular Hbond substituents is 1. The fourth-order valence-electron chi connectivity index (χ4n) is 4.33. The molecule has 0 radical (unpaired) electrons. The number of phenols is 1. The molecule has 1 aromatic carbocycles. The molecule has 2 N–H and O–H groups in total. The number of anilines is 1. The minimum Gasteiger partial charge on any atom is -0.507 e. The number of nitrogens with one attached hydrogen (secondary N) is 1. The number of aromatic amines is 1. The van der Waals surface area contributed by atoms with Crippen LogP contribution in [0.4, 0.5) is 5.82 Å². The lowest BCUT2D eigenvalue weighted by Gasteiger charge is -2.30. The van der Waals surface area contributed by atoms with Gasteiger partial charge in [0.2, 0.25) is 0 Å². The molecular formula is C23H29N5O. The molecule has 3 aromatic rings. The van der Waals surface area contributed by atoms with Crippen molar-refractivity contribution in [2.75, 3.05) is 11.9 Å². The van der Waals surface area contributed by atoms with E-state index in [4.69, 9.17) is 0 Å². The van der Waals surface area contributed by atoms with Crippen LogP contribution < -0.4 is 4.90 Å². The van der Waals surface area contributed by atoms with Gasteiger partial charge in [-0.1, -0.05) is 32.8 Å². The Hall–Kier alpha value is -2.89. The van der Waals surface area contributed by atoms with E-state index in [-0.39, 0.29) is 5.75 Å². The van der Waals surface area contributed by atoms with Gasteiger partial charge in [-0.15, -0.1) is 10.2 Å². The van der Waals surface area contributed by atoms with Crippen LogP contribution in [0.3, 0.4) is 0 Å². The monoisotopic (exact) mass is 391 g/mol. The maximum absolute atomic E-state index is 10.5. The van der Waals surface area contributed by atoms with Gasteiger partial charge in [0, 0.05) is 30.4 Å². The van der Waals surface area contributed by atoms with Crippen molar-refractivity contribution in [3.8, 4) is 28.1 Å². The maximum atomic E-state index is 10.5. The van der Waals surface area contributed by atoms with Crippen LogP contribution in [0.15, 0.2) is 42.7 Å². The largest absolute Gasteiger partial charge is 0.507 e. The Bertz CT molecular complexity index is 926. The molecule has 1 aliphatic carbocycles. The van der Waals surface area contributed by atoms with E-state index in [9.17, 15) is 5.11 Å². The zero-order chi connectivity index (χ0) is 20.4. The third-order valence-electron chi connectivity index (χ3n) is 6.17. The summed E-state index contributed by atoms with van der Waals surface area (Å²) in [7, 11) is 2.12. The topological polar surface area (TPSA) is 77.9 Å². The molecular weight excluding hydrogens is 362 g/mol. The average molecular weight is 392 g/mol. The normalized spacial score (nSPS) is 22.2. The molecule has 0 bridgehead atoms. The Labute approximate surface area is 172 Å². The van der Waals surface area contributed by atoms with E-state index in [0.29, 0.717) is 17.3 Å². The van der Waals surface area contributed by atoms with Gasteiger partial charge in [0.05, 0.1) is 11.9 Å². The number of hydrogen-bond donors (Lipinski definition) is 2. The predicted octanol–water partition coefficient (Wildman–Crippen LogP) is 4.89. The van der Waals surface area contributed by atoms with E-state index in [2.05, 4.69) is 46.2 Å². The second-order valence-corrected chi connectivity index (χ2v) is 8.52. The molecule has 0 unspecified atom stereocenters. The molecule has 0 saturated heterocycles. The number of benzene rings is 1. The van der Waals surface area contributed by atoms with Crippen LogP contribution in [0.25, 0.3) is 22.4 Å². The van der Waals surface area contributed by atoms with Crippen molar-refractivity contribution in [3.05, 3.63) is 42.7 Å². The zero-order valence-electron chi connectivity index (χ0n) is 17.3. The zero-order valence-corrected chi connectivity index (χ0v) is 17.3. The van der Waals surface area contributed by atoms with Crippen molar-refractivity contribution in [1.82, 2.24) is 20.4 Å². The van der Waals surface area contributed by atoms with Gasteiger partial charge in [-0.05, 0) is 54.5 Å². The summed E-state index contributed by atoms with van der Waals surface area (Å²) >= 11 is 0. The number of aromatic nitrogens is 4. The van der Waals surface area contributed by atoms with Crippen LogP contribution in [0.2, 0.25) is 0 Å². The summed E-state index contributed by atoms with van der Waals surface area (Å²) in [6.07, 6.45) is 8.54. The fourth-order valence-corrected chi connectivity index (χ4v) is 4.33. The van der Waals surface area contributed by atoms with E-state index >= 15 is 0 Å². The third-order valence-corrected chi connectivity index (χ3v) is 6.17. The second kappa shape index (κ2) is 8.23. The van der Waals surface area contributed by atoms with Crippen molar-refractivity contribution in [2.24, 2.45) is 11.8 Å². The Kier molecular flexibility index (Phi) is 5.51. The van der Waals surface area contributed by atoms with Gasteiger partial charge in [0.15, 0.2) is 5.82 Å². The van der Waals surface area contributed by atoms with E-state index in [1.807, 2.05) is 24.3 Å². The summed E-state index contributed by atoms with van der Waals surface area (Å²) in [6.45, 7) is 4.70. The quantitative estimate of drug-likeness (QED) is 0.619. The SMILES string of the molecule is C[C@@H]1CC[C@H](C)C[C@H](N(C)c2ccc(-c3ccc(-c4cn[nH]c4)cc3O)nn2)C1. The lowest BCUT2D eigenvalue weighted by atomic mass is 9.98. The molecule has 4 rings (SSSR count). The van der Waals surface area contributed by atoms with Crippen molar-refractivity contribution in [1.29, 1.82) is 0 Å². The number of nitrogens with zero attached hydrogens (tertiary/aromatic N) is 4. The van der Waals surface area contributed by atoms with Gasteiger partial charge in [-0.25, -0.2) is 0 Å². The van der Waals surface area contributed by atoms with Gasteiger partial charge < -0.3 is 10.0 Å². The van der Waals surface area contributed by atoms with Crippen molar-refractivity contribution in [3.63, 3.8) is 0 Å².